The number of hydrogen-bond donors (Lipinski definition) is 2. The van der Waals surface area contributed by atoms with Crippen LogP contribution in [0.15, 0.2) is 30.3 Å². The number of nitrogens with one attached hydrogen (secondary N) is 1. The SMILES string of the molecule is CN(CC(=O)NC(=O)Cc1ccccc1)C(CN)C1CC1. The van der Waals surface area contributed by atoms with Gasteiger partial charge >= 0.3 is 0 Å². The summed E-state index contributed by atoms with van der Waals surface area (Å²) in [7, 11) is 1.89. The van der Waals surface area contributed by atoms with Crippen molar-refractivity contribution in [2.45, 2.75) is 25.3 Å². The van der Waals surface area contributed by atoms with Crippen molar-refractivity contribution in [3.63, 3.8) is 0 Å². The third-order valence-electron chi connectivity index (χ3n) is 3.85. The summed E-state index contributed by atoms with van der Waals surface area (Å²) in [4.78, 5) is 25.7. The minimum Gasteiger partial charge on any atom is -0.329 e. The van der Waals surface area contributed by atoms with E-state index in [1.807, 2.05) is 42.3 Å². The van der Waals surface area contributed by atoms with Crippen LogP contribution >= 0.6 is 0 Å². The molecule has 0 aliphatic heterocycles. The van der Waals surface area contributed by atoms with E-state index in [9.17, 15) is 9.59 Å². The van der Waals surface area contributed by atoms with Crippen molar-refractivity contribution < 1.29 is 9.59 Å². The molecule has 1 saturated carbocycles. The van der Waals surface area contributed by atoms with Crippen molar-refractivity contribution in [1.82, 2.24) is 10.2 Å². The molecule has 114 valence electrons. The van der Waals surface area contributed by atoms with Crippen LogP contribution in [-0.4, -0.2) is 42.9 Å². The van der Waals surface area contributed by atoms with Gasteiger partial charge in [-0.1, -0.05) is 30.3 Å². The van der Waals surface area contributed by atoms with Crippen LogP contribution in [0.2, 0.25) is 0 Å². The van der Waals surface area contributed by atoms with E-state index in [-0.39, 0.29) is 30.8 Å². The number of carbonyl (C=O) groups is 2. The zero-order chi connectivity index (χ0) is 15.2. The van der Waals surface area contributed by atoms with Crippen molar-refractivity contribution in [1.29, 1.82) is 0 Å². The molecule has 0 radical (unpaired) electrons. The molecule has 1 unspecified atom stereocenters. The molecule has 1 fully saturated rings. The highest BCUT2D eigenvalue weighted by Crippen LogP contribution is 2.34. The fourth-order valence-corrected chi connectivity index (χ4v) is 2.58. The van der Waals surface area contributed by atoms with E-state index in [2.05, 4.69) is 5.32 Å². The average Bonchev–Trinajstić information content (AvgIpc) is 3.24. The van der Waals surface area contributed by atoms with Crippen LogP contribution in [0.25, 0.3) is 0 Å². The molecule has 1 aliphatic carbocycles. The molecule has 1 atom stereocenters. The Balaban J connectivity index is 1.77. The predicted molar refractivity (Wildman–Crippen MR) is 81.5 cm³/mol. The Hall–Kier alpha value is -1.72. The number of carbonyl (C=O) groups excluding carboxylic acids is 2. The average molecular weight is 289 g/mol. The van der Waals surface area contributed by atoms with Crippen LogP contribution in [0.5, 0.6) is 0 Å². The van der Waals surface area contributed by atoms with Crippen LogP contribution in [0.1, 0.15) is 18.4 Å². The number of nitrogens with zero attached hydrogens (tertiary/aromatic N) is 1. The fraction of sp³-hybridized carbons (Fsp3) is 0.500. The summed E-state index contributed by atoms with van der Waals surface area (Å²) in [5.41, 5.74) is 6.65. The second kappa shape index (κ2) is 7.33. The Morgan fingerprint density at radius 2 is 1.95 bits per heavy atom. The summed E-state index contributed by atoms with van der Waals surface area (Å²) < 4.78 is 0. The normalized spacial score (nSPS) is 15.8. The van der Waals surface area contributed by atoms with Gasteiger partial charge in [0.15, 0.2) is 0 Å². The highest BCUT2D eigenvalue weighted by molar-refractivity contribution is 5.96. The van der Waals surface area contributed by atoms with Gasteiger partial charge in [0.2, 0.25) is 11.8 Å². The van der Waals surface area contributed by atoms with E-state index in [4.69, 9.17) is 5.73 Å². The van der Waals surface area contributed by atoms with Crippen molar-refractivity contribution in [2.24, 2.45) is 11.7 Å². The zero-order valence-electron chi connectivity index (χ0n) is 12.4. The van der Waals surface area contributed by atoms with E-state index in [1.165, 1.54) is 12.8 Å². The summed E-state index contributed by atoms with van der Waals surface area (Å²) in [6.45, 7) is 0.755. The van der Waals surface area contributed by atoms with E-state index >= 15 is 0 Å². The predicted octanol–water partition coefficient (Wildman–Crippen LogP) is 0.541. The zero-order valence-corrected chi connectivity index (χ0v) is 12.4. The molecule has 21 heavy (non-hydrogen) atoms. The molecular formula is C16H23N3O2. The van der Waals surface area contributed by atoms with Gasteiger partial charge < -0.3 is 5.73 Å². The topological polar surface area (TPSA) is 75.4 Å². The lowest BCUT2D eigenvalue weighted by Gasteiger charge is -2.26. The van der Waals surface area contributed by atoms with Gasteiger partial charge in [-0.15, -0.1) is 0 Å². The summed E-state index contributed by atoms with van der Waals surface area (Å²) in [6, 6.07) is 9.62. The molecule has 5 nitrogen and oxygen atoms in total. The standard InChI is InChI=1S/C16H23N3O2/c1-19(14(10-17)13-7-8-13)11-16(21)18-15(20)9-12-5-3-2-4-6-12/h2-6,13-14H,7-11,17H2,1H3,(H,18,20,21). The molecule has 1 aromatic carbocycles. The number of benzene rings is 1. The maximum absolute atomic E-state index is 11.9. The van der Waals surface area contributed by atoms with E-state index in [0.29, 0.717) is 12.5 Å². The number of imide groups is 1. The van der Waals surface area contributed by atoms with Gasteiger partial charge in [-0.2, -0.15) is 0 Å². The molecular weight excluding hydrogens is 266 g/mol. The summed E-state index contributed by atoms with van der Waals surface area (Å²) in [5, 5.41) is 2.44. The maximum Gasteiger partial charge on any atom is 0.240 e. The van der Waals surface area contributed by atoms with Gasteiger partial charge in [-0.05, 0) is 31.4 Å². The summed E-state index contributed by atoms with van der Waals surface area (Å²) in [6.07, 6.45) is 2.58. The second-order valence-electron chi connectivity index (χ2n) is 5.69. The van der Waals surface area contributed by atoms with Crippen LogP contribution in [0.3, 0.4) is 0 Å². The molecule has 0 spiro atoms. The minimum atomic E-state index is -0.268. The van der Waals surface area contributed by atoms with Crippen molar-refractivity contribution in [3.8, 4) is 0 Å². The van der Waals surface area contributed by atoms with E-state index < -0.39 is 0 Å². The third kappa shape index (κ3) is 4.95. The van der Waals surface area contributed by atoms with Crippen molar-refractivity contribution >= 4 is 11.8 Å². The lowest BCUT2D eigenvalue weighted by Crippen LogP contribution is -2.46. The van der Waals surface area contributed by atoms with Gasteiger partial charge in [-0.3, -0.25) is 19.8 Å². The lowest BCUT2D eigenvalue weighted by atomic mass is 10.1. The lowest BCUT2D eigenvalue weighted by molar-refractivity contribution is -0.130. The van der Waals surface area contributed by atoms with Crippen molar-refractivity contribution in [2.75, 3.05) is 20.1 Å². The van der Waals surface area contributed by atoms with E-state index in [1.54, 1.807) is 0 Å². The molecule has 5 heteroatoms. The highest BCUT2D eigenvalue weighted by atomic mass is 16.2. The Bertz CT molecular complexity index is 486. The number of nitrogens with two attached hydrogens (primary N) is 1. The number of amides is 2. The molecule has 3 N–H and O–H groups in total. The monoisotopic (exact) mass is 289 g/mol. The molecule has 0 bridgehead atoms. The smallest absolute Gasteiger partial charge is 0.240 e. The Morgan fingerprint density at radius 1 is 1.29 bits per heavy atom. The molecule has 2 amide bonds. The molecule has 0 heterocycles. The molecule has 0 aromatic heterocycles. The third-order valence-corrected chi connectivity index (χ3v) is 3.85. The maximum atomic E-state index is 11.9. The quantitative estimate of drug-likeness (QED) is 0.768. The highest BCUT2D eigenvalue weighted by Gasteiger charge is 2.33. The van der Waals surface area contributed by atoms with Gasteiger partial charge in [0.05, 0.1) is 13.0 Å². The molecule has 2 rings (SSSR count). The van der Waals surface area contributed by atoms with Gasteiger partial charge in [-0.25, -0.2) is 0 Å². The Kier molecular flexibility index (Phi) is 5.47. The molecule has 0 saturated heterocycles. The number of hydrogen-bond acceptors (Lipinski definition) is 4. The first kappa shape index (κ1) is 15.7. The molecule has 1 aliphatic rings. The van der Waals surface area contributed by atoms with Crippen LogP contribution in [0, 0.1) is 5.92 Å². The van der Waals surface area contributed by atoms with Gasteiger partial charge in [0, 0.05) is 12.6 Å². The van der Waals surface area contributed by atoms with E-state index in [0.717, 1.165) is 5.56 Å². The number of likely N-dealkylation sites (N-methyl/N-ethyl adjacent to an activating group) is 1. The van der Waals surface area contributed by atoms with Crippen LogP contribution in [-0.2, 0) is 16.0 Å². The first-order valence-electron chi connectivity index (χ1n) is 7.37. The largest absolute Gasteiger partial charge is 0.329 e. The molecule has 1 aromatic rings. The first-order chi connectivity index (χ1) is 10.1. The van der Waals surface area contributed by atoms with Crippen molar-refractivity contribution in [3.05, 3.63) is 35.9 Å². The minimum absolute atomic E-state index is 0.207. The summed E-state index contributed by atoms with van der Waals surface area (Å²) >= 11 is 0. The first-order valence-corrected chi connectivity index (χ1v) is 7.37. The number of rotatable bonds is 7. The Morgan fingerprint density at radius 3 is 2.52 bits per heavy atom. The summed E-state index contributed by atoms with van der Waals surface area (Å²) in [5.74, 6) is 0.0701. The fourth-order valence-electron chi connectivity index (χ4n) is 2.58. The van der Waals surface area contributed by atoms with Crippen LogP contribution < -0.4 is 11.1 Å². The van der Waals surface area contributed by atoms with Crippen LogP contribution in [0.4, 0.5) is 0 Å². The van der Waals surface area contributed by atoms with Gasteiger partial charge in [0.25, 0.3) is 0 Å². The Labute approximate surface area is 125 Å². The second-order valence-corrected chi connectivity index (χ2v) is 5.69. The van der Waals surface area contributed by atoms with Gasteiger partial charge in [0.1, 0.15) is 0 Å².